The van der Waals surface area contributed by atoms with Gasteiger partial charge in [0.05, 0.1) is 6.10 Å². The van der Waals surface area contributed by atoms with Crippen LogP contribution in [0.2, 0.25) is 0 Å². The van der Waals surface area contributed by atoms with Crippen molar-refractivity contribution in [1.82, 2.24) is 10.2 Å². The number of amides is 1. The molecule has 3 rings (SSSR count). The molecule has 2 fully saturated rings. The van der Waals surface area contributed by atoms with Gasteiger partial charge in [0.1, 0.15) is 0 Å². The highest BCUT2D eigenvalue weighted by Crippen LogP contribution is 2.39. The van der Waals surface area contributed by atoms with E-state index in [1.165, 1.54) is 11.1 Å². The van der Waals surface area contributed by atoms with Crippen molar-refractivity contribution >= 4 is 5.91 Å². The van der Waals surface area contributed by atoms with Gasteiger partial charge in [-0.1, -0.05) is 29.8 Å². The maximum atomic E-state index is 13.6. The molecule has 0 unspecified atom stereocenters. The first kappa shape index (κ1) is 30.0. The van der Waals surface area contributed by atoms with Crippen LogP contribution in [0, 0.1) is 24.7 Å². The quantitative estimate of drug-likeness (QED) is 0.297. The summed E-state index contributed by atoms with van der Waals surface area (Å²) >= 11 is 0. The van der Waals surface area contributed by atoms with Crippen molar-refractivity contribution in [2.45, 2.75) is 83.7 Å². The molecule has 0 radical (unpaired) electrons. The molecule has 7 heteroatoms. The van der Waals surface area contributed by atoms with Crippen molar-refractivity contribution in [2.24, 2.45) is 17.8 Å². The highest BCUT2D eigenvalue weighted by Gasteiger charge is 2.36. The number of piperidine rings is 1. The molecule has 1 saturated carbocycles. The maximum absolute atomic E-state index is 13.6. The first-order valence-corrected chi connectivity index (χ1v) is 14.4. The highest BCUT2D eigenvalue weighted by molar-refractivity contribution is 5.76. The number of hydrogen-bond donors (Lipinski definition) is 1. The minimum absolute atomic E-state index is 0.0173. The minimum atomic E-state index is -2.51. The molecule has 37 heavy (non-hydrogen) atoms. The second kappa shape index (κ2) is 15.1. The molecular formula is C30H48F2N2O3. The Hall–Kier alpha value is -1.57. The molecule has 0 spiro atoms. The van der Waals surface area contributed by atoms with Crippen LogP contribution in [0.3, 0.4) is 0 Å². The van der Waals surface area contributed by atoms with Crippen LogP contribution in [0.15, 0.2) is 24.3 Å². The van der Waals surface area contributed by atoms with Crippen LogP contribution < -0.4 is 5.32 Å². The maximum Gasteiger partial charge on any atom is 0.248 e. The van der Waals surface area contributed by atoms with Crippen LogP contribution in [0.4, 0.5) is 8.78 Å². The van der Waals surface area contributed by atoms with E-state index in [9.17, 15) is 13.6 Å². The van der Waals surface area contributed by atoms with E-state index in [0.717, 1.165) is 38.8 Å². The molecule has 3 atom stereocenters. The van der Waals surface area contributed by atoms with E-state index in [-0.39, 0.29) is 42.6 Å². The standard InChI is InChI=1S/C30H48F2N2O3/c1-4-36-16-7-17-37-29(26-9-5-8-23(2)18-26)27-10-6-15-34(22-27)28(35)20-25(21-33-3)19-24-11-13-30(31,32)14-12-24/h5,8-9,18,24-25,27,29,33H,4,6-7,10-17,19-22H2,1-3H3/t25-,27-,29+/m1/s1. The number of likely N-dealkylation sites (tertiary alicyclic amines) is 1. The number of halogens is 2. The average Bonchev–Trinajstić information content (AvgIpc) is 2.87. The molecule has 0 aromatic heterocycles. The van der Waals surface area contributed by atoms with E-state index in [0.29, 0.717) is 45.6 Å². The third-order valence-corrected chi connectivity index (χ3v) is 8.00. The van der Waals surface area contributed by atoms with Gasteiger partial charge >= 0.3 is 0 Å². The number of rotatable bonds is 14. The smallest absolute Gasteiger partial charge is 0.248 e. The van der Waals surface area contributed by atoms with Crippen molar-refractivity contribution in [3.63, 3.8) is 0 Å². The summed E-state index contributed by atoms with van der Waals surface area (Å²) in [6.07, 6.45) is 5.21. The number of ether oxygens (including phenoxy) is 2. The van der Waals surface area contributed by atoms with Crippen LogP contribution in [0.5, 0.6) is 0 Å². The monoisotopic (exact) mass is 522 g/mol. The zero-order valence-electron chi connectivity index (χ0n) is 23.2. The largest absolute Gasteiger partial charge is 0.382 e. The van der Waals surface area contributed by atoms with E-state index in [4.69, 9.17) is 9.47 Å². The first-order valence-electron chi connectivity index (χ1n) is 14.4. The Morgan fingerprint density at radius 2 is 2.00 bits per heavy atom. The molecule has 1 aliphatic carbocycles. The second-order valence-electron chi connectivity index (χ2n) is 11.2. The summed E-state index contributed by atoms with van der Waals surface area (Å²) < 4.78 is 39.1. The predicted molar refractivity (Wildman–Crippen MR) is 144 cm³/mol. The Balaban J connectivity index is 1.60. The van der Waals surface area contributed by atoms with Crippen molar-refractivity contribution in [3.05, 3.63) is 35.4 Å². The molecule has 1 saturated heterocycles. The SMILES string of the molecule is CCOCCCO[C@@H](c1cccc(C)c1)[C@@H]1CCCN(C(=O)C[C@H](CNC)CC2CCC(F)(F)CC2)C1. The molecule has 1 aliphatic heterocycles. The van der Waals surface area contributed by atoms with E-state index in [1.807, 2.05) is 18.9 Å². The van der Waals surface area contributed by atoms with Gasteiger partial charge in [0.25, 0.3) is 0 Å². The normalized spacial score (nSPS) is 22.1. The molecule has 0 bridgehead atoms. The van der Waals surface area contributed by atoms with Gasteiger partial charge in [-0.15, -0.1) is 0 Å². The van der Waals surface area contributed by atoms with Crippen LogP contribution >= 0.6 is 0 Å². The number of aryl methyl sites for hydroxylation is 1. The zero-order valence-corrected chi connectivity index (χ0v) is 23.2. The van der Waals surface area contributed by atoms with Crippen molar-refractivity contribution in [2.75, 3.05) is 46.5 Å². The van der Waals surface area contributed by atoms with Crippen molar-refractivity contribution < 1.29 is 23.0 Å². The summed E-state index contributed by atoms with van der Waals surface area (Å²) in [5, 5.41) is 3.22. The molecule has 1 amide bonds. The summed E-state index contributed by atoms with van der Waals surface area (Å²) in [6, 6.07) is 8.51. The number of hydrogen-bond acceptors (Lipinski definition) is 4. The number of nitrogens with one attached hydrogen (secondary N) is 1. The van der Waals surface area contributed by atoms with E-state index < -0.39 is 5.92 Å². The summed E-state index contributed by atoms with van der Waals surface area (Å²) in [7, 11) is 1.90. The Labute approximate surface area is 222 Å². The summed E-state index contributed by atoms with van der Waals surface area (Å²) in [6.45, 7) is 8.35. The Morgan fingerprint density at radius 1 is 1.22 bits per heavy atom. The number of carbonyl (C=O) groups excluding carboxylic acids is 1. The lowest BCUT2D eigenvalue weighted by atomic mass is 9.80. The lowest BCUT2D eigenvalue weighted by Gasteiger charge is -2.38. The number of alkyl halides is 2. The van der Waals surface area contributed by atoms with Gasteiger partial charge in [-0.2, -0.15) is 0 Å². The first-order chi connectivity index (χ1) is 17.8. The molecule has 5 nitrogen and oxygen atoms in total. The van der Waals surface area contributed by atoms with E-state index >= 15 is 0 Å². The van der Waals surface area contributed by atoms with Gasteiger partial charge in [0.2, 0.25) is 11.8 Å². The van der Waals surface area contributed by atoms with E-state index in [2.05, 4.69) is 36.5 Å². The zero-order chi connectivity index (χ0) is 26.7. The summed E-state index contributed by atoms with van der Waals surface area (Å²) in [5.74, 6) is -1.61. The van der Waals surface area contributed by atoms with Crippen LogP contribution in [0.1, 0.15) is 81.9 Å². The number of nitrogens with zero attached hydrogens (tertiary/aromatic N) is 1. The minimum Gasteiger partial charge on any atom is -0.382 e. The molecular weight excluding hydrogens is 474 g/mol. The van der Waals surface area contributed by atoms with Crippen LogP contribution in [-0.2, 0) is 14.3 Å². The van der Waals surface area contributed by atoms with Gasteiger partial charge in [-0.25, -0.2) is 8.78 Å². The average molecular weight is 523 g/mol. The third kappa shape index (κ3) is 9.92. The van der Waals surface area contributed by atoms with Gasteiger partial charge in [-0.05, 0) is 83.4 Å². The Bertz CT molecular complexity index is 812. The molecule has 1 heterocycles. The second-order valence-corrected chi connectivity index (χ2v) is 11.2. The fourth-order valence-electron chi connectivity index (χ4n) is 6.06. The van der Waals surface area contributed by atoms with Gasteiger partial charge in [0, 0.05) is 58.1 Å². The van der Waals surface area contributed by atoms with Crippen molar-refractivity contribution in [3.8, 4) is 0 Å². The Kier molecular flexibility index (Phi) is 12.3. The topological polar surface area (TPSA) is 50.8 Å². The predicted octanol–water partition coefficient (Wildman–Crippen LogP) is 6.16. The molecule has 1 aromatic carbocycles. The fourth-order valence-corrected chi connectivity index (χ4v) is 6.06. The van der Waals surface area contributed by atoms with Gasteiger partial charge < -0.3 is 19.7 Å². The van der Waals surface area contributed by atoms with Crippen LogP contribution in [-0.4, -0.2) is 63.2 Å². The molecule has 2 aliphatic rings. The van der Waals surface area contributed by atoms with Gasteiger partial charge in [-0.3, -0.25) is 4.79 Å². The number of carbonyl (C=O) groups is 1. The highest BCUT2D eigenvalue weighted by atomic mass is 19.3. The van der Waals surface area contributed by atoms with E-state index in [1.54, 1.807) is 0 Å². The fraction of sp³-hybridized carbons (Fsp3) is 0.767. The Morgan fingerprint density at radius 3 is 2.70 bits per heavy atom. The third-order valence-electron chi connectivity index (χ3n) is 8.00. The van der Waals surface area contributed by atoms with Crippen LogP contribution in [0.25, 0.3) is 0 Å². The molecule has 1 N–H and O–H groups in total. The van der Waals surface area contributed by atoms with Crippen molar-refractivity contribution in [1.29, 1.82) is 0 Å². The summed E-state index contributed by atoms with van der Waals surface area (Å²) in [5.41, 5.74) is 2.39. The number of benzene rings is 1. The molecule has 1 aromatic rings. The molecule has 210 valence electrons. The summed E-state index contributed by atoms with van der Waals surface area (Å²) in [4.78, 5) is 15.5. The lowest BCUT2D eigenvalue weighted by molar-refractivity contribution is -0.136. The van der Waals surface area contributed by atoms with Gasteiger partial charge in [0.15, 0.2) is 0 Å². The lowest BCUT2D eigenvalue weighted by Crippen LogP contribution is -2.43.